The number of amides is 1. The fraction of sp³-hybridized carbons (Fsp3) is 0.261. The van der Waals surface area contributed by atoms with Crippen molar-refractivity contribution in [2.75, 3.05) is 24.7 Å². The molecule has 32 heavy (non-hydrogen) atoms. The molecule has 4 rings (SSSR count). The third-order valence-electron chi connectivity index (χ3n) is 5.17. The second kappa shape index (κ2) is 9.97. The normalized spacial score (nSPS) is 13.4. The van der Waals surface area contributed by atoms with Gasteiger partial charge in [0.1, 0.15) is 11.6 Å². The summed E-state index contributed by atoms with van der Waals surface area (Å²) in [5.74, 6) is 0.206. The number of carbonyl (C=O) groups excluding carboxylic acids is 1. The summed E-state index contributed by atoms with van der Waals surface area (Å²) >= 11 is 1.18. The Bertz CT molecular complexity index is 1170. The Kier molecular flexibility index (Phi) is 6.87. The number of aromatic nitrogens is 2. The number of aromatic amines is 1. The van der Waals surface area contributed by atoms with Crippen LogP contribution in [0.5, 0.6) is 5.75 Å². The van der Waals surface area contributed by atoms with Crippen molar-refractivity contribution in [3.63, 3.8) is 0 Å². The first kappa shape index (κ1) is 22.0. The van der Waals surface area contributed by atoms with Crippen LogP contribution in [0.15, 0.2) is 58.5 Å². The smallest absolute Gasteiger partial charge is 0.256 e. The highest BCUT2D eigenvalue weighted by atomic mass is 32.2. The second-order valence-electron chi connectivity index (χ2n) is 7.42. The van der Waals surface area contributed by atoms with Crippen LogP contribution < -0.4 is 15.6 Å². The number of fused-ring (bicyclic) bond motifs is 1. The maximum Gasteiger partial charge on any atom is 0.256 e. The van der Waals surface area contributed by atoms with Crippen LogP contribution in [0.3, 0.4) is 0 Å². The van der Waals surface area contributed by atoms with E-state index in [1.807, 2.05) is 12.1 Å². The van der Waals surface area contributed by atoms with Gasteiger partial charge in [0, 0.05) is 26.1 Å². The highest BCUT2D eigenvalue weighted by molar-refractivity contribution is 7.99. The molecular formula is C23H23FN4O3S. The summed E-state index contributed by atoms with van der Waals surface area (Å²) in [4.78, 5) is 34.5. The van der Waals surface area contributed by atoms with E-state index in [9.17, 15) is 14.0 Å². The molecule has 0 aliphatic carbocycles. The van der Waals surface area contributed by atoms with Crippen molar-refractivity contribution in [3.8, 4) is 5.75 Å². The summed E-state index contributed by atoms with van der Waals surface area (Å²) in [5, 5.41) is 3.23. The van der Waals surface area contributed by atoms with Gasteiger partial charge >= 0.3 is 0 Å². The minimum Gasteiger partial charge on any atom is -0.495 e. The lowest BCUT2D eigenvalue weighted by atomic mass is 10.1. The number of hydrogen-bond donors (Lipinski definition) is 2. The molecule has 0 saturated carbocycles. The van der Waals surface area contributed by atoms with Crippen molar-refractivity contribution >= 4 is 23.4 Å². The molecule has 1 amide bonds. The number of rotatable bonds is 7. The number of hydrogen-bond acceptors (Lipinski definition) is 6. The third kappa shape index (κ3) is 5.35. The molecule has 2 N–H and O–H groups in total. The van der Waals surface area contributed by atoms with E-state index in [0.29, 0.717) is 41.7 Å². The lowest BCUT2D eigenvalue weighted by molar-refractivity contribution is -0.113. The number of ether oxygens (including phenoxy) is 1. The number of nitrogens with one attached hydrogen (secondary N) is 2. The third-order valence-corrected chi connectivity index (χ3v) is 6.04. The van der Waals surface area contributed by atoms with E-state index in [2.05, 4.69) is 20.2 Å². The molecule has 0 spiro atoms. The number of thioether (sulfide) groups is 1. The molecule has 2 aromatic carbocycles. The molecule has 2 heterocycles. The molecule has 9 heteroatoms. The molecule has 0 radical (unpaired) electrons. The maximum absolute atomic E-state index is 13.1. The van der Waals surface area contributed by atoms with Crippen molar-refractivity contribution < 1.29 is 13.9 Å². The molecule has 0 fully saturated rings. The Balaban J connectivity index is 1.37. The molecule has 0 unspecified atom stereocenters. The molecule has 7 nitrogen and oxygen atoms in total. The van der Waals surface area contributed by atoms with Crippen LogP contribution in [0, 0.1) is 5.82 Å². The van der Waals surface area contributed by atoms with Crippen molar-refractivity contribution in [1.29, 1.82) is 0 Å². The van der Waals surface area contributed by atoms with Crippen molar-refractivity contribution in [3.05, 3.63) is 81.5 Å². The molecule has 1 aliphatic heterocycles. The first-order valence-electron chi connectivity index (χ1n) is 10.2. The van der Waals surface area contributed by atoms with Crippen LogP contribution in [0.1, 0.15) is 16.8 Å². The topological polar surface area (TPSA) is 87.3 Å². The largest absolute Gasteiger partial charge is 0.495 e. The summed E-state index contributed by atoms with van der Waals surface area (Å²) < 4.78 is 18.3. The molecule has 1 aliphatic rings. The van der Waals surface area contributed by atoms with Gasteiger partial charge in [0.2, 0.25) is 5.91 Å². The molecule has 166 valence electrons. The number of methoxy groups -OCH3 is 1. The summed E-state index contributed by atoms with van der Waals surface area (Å²) in [5.41, 5.74) is 2.80. The number of nitrogens with zero attached hydrogens (tertiary/aromatic N) is 2. The number of carbonyl (C=O) groups is 1. The highest BCUT2D eigenvalue weighted by Crippen LogP contribution is 2.24. The van der Waals surface area contributed by atoms with Crippen LogP contribution >= 0.6 is 11.8 Å². The van der Waals surface area contributed by atoms with Gasteiger partial charge in [-0.05, 0) is 29.8 Å². The number of benzene rings is 2. The zero-order valence-corrected chi connectivity index (χ0v) is 18.4. The van der Waals surface area contributed by atoms with Gasteiger partial charge in [-0.25, -0.2) is 9.37 Å². The van der Waals surface area contributed by atoms with Gasteiger partial charge in [-0.3, -0.25) is 14.5 Å². The van der Waals surface area contributed by atoms with E-state index < -0.39 is 0 Å². The summed E-state index contributed by atoms with van der Waals surface area (Å²) in [7, 11) is 1.54. The maximum atomic E-state index is 13.1. The first-order chi connectivity index (χ1) is 15.5. The Hall–Kier alpha value is -3.17. The summed E-state index contributed by atoms with van der Waals surface area (Å²) in [6.07, 6.45) is 0.640. The van der Waals surface area contributed by atoms with Gasteiger partial charge in [-0.2, -0.15) is 0 Å². The van der Waals surface area contributed by atoms with E-state index in [1.165, 1.54) is 23.9 Å². The average molecular weight is 455 g/mol. The molecule has 0 saturated heterocycles. The number of anilines is 1. The predicted molar refractivity (Wildman–Crippen MR) is 121 cm³/mol. The SMILES string of the molecule is COc1ccccc1NC(=O)CSc1nc2c(c(=O)[nH]1)CN(Cc1ccc(F)cc1)CC2. The van der Waals surface area contributed by atoms with E-state index in [0.717, 1.165) is 17.8 Å². The van der Waals surface area contributed by atoms with Gasteiger partial charge in [-0.1, -0.05) is 36.0 Å². The van der Waals surface area contributed by atoms with E-state index >= 15 is 0 Å². The van der Waals surface area contributed by atoms with Gasteiger partial charge in [0.25, 0.3) is 5.56 Å². The van der Waals surface area contributed by atoms with Crippen molar-refractivity contribution in [2.24, 2.45) is 0 Å². The van der Waals surface area contributed by atoms with Crippen molar-refractivity contribution in [1.82, 2.24) is 14.9 Å². The van der Waals surface area contributed by atoms with E-state index in [1.54, 1.807) is 31.4 Å². The number of para-hydroxylation sites is 2. The number of H-pyrrole nitrogens is 1. The van der Waals surface area contributed by atoms with Gasteiger partial charge in [0.15, 0.2) is 5.16 Å². The van der Waals surface area contributed by atoms with E-state index in [-0.39, 0.29) is 23.0 Å². The van der Waals surface area contributed by atoms with Crippen LogP contribution in [0.25, 0.3) is 0 Å². The molecule has 3 aromatic rings. The fourth-order valence-corrected chi connectivity index (χ4v) is 4.26. The van der Waals surface area contributed by atoms with Crippen LogP contribution in [0.2, 0.25) is 0 Å². The average Bonchev–Trinajstić information content (AvgIpc) is 2.80. The Morgan fingerprint density at radius 1 is 1.25 bits per heavy atom. The monoisotopic (exact) mass is 454 g/mol. The summed E-state index contributed by atoms with van der Waals surface area (Å²) in [6.45, 7) is 1.87. The lowest BCUT2D eigenvalue weighted by Gasteiger charge is -2.27. The zero-order chi connectivity index (χ0) is 22.5. The Morgan fingerprint density at radius 3 is 2.81 bits per heavy atom. The van der Waals surface area contributed by atoms with Gasteiger partial charge in [0.05, 0.1) is 29.8 Å². The minimum absolute atomic E-state index is 0.108. The van der Waals surface area contributed by atoms with Crippen LogP contribution in [-0.2, 0) is 24.3 Å². The van der Waals surface area contributed by atoms with E-state index in [4.69, 9.17) is 4.74 Å². The standard InChI is InChI=1S/C23H23FN4O3S/c1-31-20-5-3-2-4-19(20)25-21(29)14-32-23-26-18-10-11-28(13-17(18)22(30)27-23)12-15-6-8-16(24)9-7-15/h2-9H,10-14H2,1H3,(H,25,29)(H,26,27,30). The minimum atomic E-state index is -0.264. The zero-order valence-electron chi connectivity index (χ0n) is 17.6. The second-order valence-corrected chi connectivity index (χ2v) is 8.38. The quantitative estimate of drug-likeness (QED) is 0.421. The van der Waals surface area contributed by atoms with Crippen LogP contribution in [-0.4, -0.2) is 40.2 Å². The molecule has 0 atom stereocenters. The van der Waals surface area contributed by atoms with Crippen molar-refractivity contribution in [2.45, 2.75) is 24.7 Å². The predicted octanol–water partition coefficient (Wildman–Crippen LogP) is 3.21. The lowest BCUT2D eigenvalue weighted by Crippen LogP contribution is -2.35. The summed E-state index contributed by atoms with van der Waals surface area (Å²) in [6, 6.07) is 13.6. The number of halogens is 1. The Labute approximate surface area is 189 Å². The molecular weight excluding hydrogens is 431 g/mol. The molecule has 0 bridgehead atoms. The van der Waals surface area contributed by atoms with Gasteiger partial charge in [-0.15, -0.1) is 0 Å². The molecule has 1 aromatic heterocycles. The first-order valence-corrected chi connectivity index (χ1v) is 11.1. The fourth-order valence-electron chi connectivity index (χ4n) is 3.58. The van der Waals surface area contributed by atoms with Crippen LogP contribution in [0.4, 0.5) is 10.1 Å². The Morgan fingerprint density at radius 2 is 2.03 bits per heavy atom. The van der Waals surface area contributed by atoms with Gasteiger partial charge < -0.3 is 15.0 Å². The highest BCUT2D eigenvalue weighted by Gasteiger charge is 2.21.